The average molecular weight is 483 g/mol. The van der Waals surface area contributed by atoms with E-state index in [1.165, 1.54) is 11.3 Å². The van der Waals surface area contributed by atoms with Crippen molar-refractivity contribution in [1.82, 2.24) is 14.9 Å². The Kier molecular flexibility index (Phi) is 7.13. The molecular weight excluding hydrogens is 452 g/mol. The largest absolute Gasteiger partial charge is 0.462 e. The number of hydrogen-bond acceptors (Lipinski definition) is 7. The van der Waals surface area contributed by atoms with Gasteiger partial charge in [0.25, 0.3) is 5.56 Å². The van der Waals surface area contributed by atoms with E-state index in [4.69, 9.17) is 4.74 Å². The van der Waals surface area contributed by atoms with Crippen LogP contribution in [-0.2, 0) is 28.9 Å². The first-order valence-electron chi connectivity index (χ1n) is 11.6. The third-order valence-corrected chi connectivity index (χ3v) is 7.50. The van der Waals surface area contributed by atoms with Crippen LogP contribution in [0.4, 0.5) is 5.00 Å². The van der Waals surface area contributed by atoms with Crippen LogP contribution in [0.15, 0.2) is 29.1 Å². The molecule has 0 spiro atoms. The fourth-order valence-electron chi connectivity index (χ4n) is 4.26. The van der Waals surface area contributed by atoms with Gasteiger partial charge in [-0.05, 0) is 63.8 Å². The van der Waals surface area contributed by atoms with Crippen LogP contribution in [0.2, 0.25) is 0 Å². The Labute approximate surface area is 202 Å². The zero-order chi connectivity index (χ0) is 24.4. The Balaban J connectivity index is 1.52. The van der Waals surface area contributed by atoms with Gasteiger partial charge in [-0.3, -0.25) is 14.5 Å². The predicted octanol–water partition coefficient (Wildman–Crippen LogP) is 3.75. The molecule has 34 heavy (non-hydrogen) atoms. The van der Waals surface area contributed by atoms with E-state index in [9.17, 15) is 14.4 Å². The minimum Gasteiger partial charge on any atom is -0.462 e. The summed E-state index contributed by atoms with van der Waals surface area (Å²) < 4.78 is 5.30. The summed E-state index contributed by atoms with van der Waals surface area (Å²) in [6.45, 7) is 6.34. The Bertz CT molecular complexity index is 1280. The number of aromatic nitrogens is 2. The zero-order valence-corrected chi connectivity index (χ0v) is 20.8. The molecule has 0 unspecified atom stereocenters. The second kappa shape index (κ2) is 10.1. The van der Waals surface area contributed by atoms with Crippen molar-refractivity contribution >= 4 is 39.1 Å². The van der Waals surface area contributed by atoms with Gasteiger partial charge >= 0.3 is 5.97 Å². The molecule has 0 saturated carbocycles. The molecule has 180 valence electrons. The fourth-order valence-corrected chi connectivity index (χ4v) is 5.66. The maximum Gasteiger partial charge on any atom is 0.341 e. The molecule has 9 heteroatoms. The van der Waals surface area contributed by atoms with Crippen LogP contribution in [0.3, 0.4) is 0 Å². The van der Waals surface area contributed by atoms with E-state index >= 15 is 0 Å². The lowest BCUT2D eigenvalue weighted by Gasteiger charge is -2.23. The van der Waals surface area contributed by atoms with Gasteiger partial charge < -0.3 is 15.0 Å². The summed E-state index contributed by atoms with van der Waals surface area (Å²) in [5, 5.41) is 4.06. The SMILES string of the molecule is CCOC(=O)c1c(NC(=O)[C@H](C)N(C)Cc2nc3ccccc3c(=O)[nH]2)sc2c1CC[C@H](C)C2. The number of ether oxygens (including phenoxy) is 1. The van der Waals surface area contributed by atoms with E-state index in [0.717, 1.165) is 29.7 Å². The molecule has 3 aromatic rings. The van der Waals surface area contributed by atoms with Crippen molar-refractivity contribution in [2.45, 2.75) is 52.6 Å². The molecule has 8 nitrogen and oxygen atoms in total. The van der Waals surface area contributed by atoms with E-state index in [1.807, 2.05) is 11.0 Å². The Morgan fingerprint density at radius 3 is 2.88 bits per heavy atom. The van der Waals surface area contributed by atoms with Crippen LogP contribution in [0, 0.1) is 5.92 Å². The number of hydrogen-bond donors (Lipinski definition) is 2. The normalized spacial score (nSPS) is 16.3. The van der Waals surface area contributed by atoms with Crippen molar-refractivity contribution in [3.63, 3.8) is 0 Å². The number of fused-ring (bicyclic) bond motifs is 2. The second-order valence-corrected chi connectivity index (χ2v) is 9.99. The molecular formula is C25H30N4O4S. The number of carbonyl (C=O) groups excluding carboxylic acids is 2. The van der Waals surface area contributed by atoms with E-state index in [0.29, 0.717) is 33.2 Å². The highest BCUT2D eigenvalue weighted by molar-refractivity contribution is 7.17. The number of benzene rings is 1. The van der Waals surface area contributed by atoms with Gasteiger partial charge in [-0.15, -0.1) is 11.3 Å². The number of rotatable bonds is 7. The third-order valence-electron chi connectivity index (χ3n) is 6.33. The fraction of sp³-hybridized carbons (Fsp3) is 0.440. The maximum absolute atomic E-state index is 13.1. The molecule has 0 radical (unpaired) electrons. The van der Waals surface area contributed by atoms with Gasteiger partial charge in [0, 0.05) is 4.88 Å². The van der Waals surface area contributed by atoms with Crippen molar-refractivity contribution in [3.8, 4) is 0 Å². The van der Waals surface area contributed by atoms with Gasteiger partial charge in [0.05, 0.1) is 35.7 Å². The lowest BCUT2D eigenvalue weighted by molar-refractivity contribution is -0.120. The third kappa shape index (κ3) is 4.90. The van der Waals surface area contributed by atoms with Crippen molar-refractivity contribution in [2.24, 2.45) is 5.92 Å². The monoisotopic (exact) mass is 482 g/mol. The smallest absolute Gasteiger partial charge is 0.341 e. The Morgan fingerprint density at radius 2 is 2.12 bits per heavy atom. The summed E-state index contributed by atoms with van der Waals surface area (Å²) in [5.74, 6) is 0.414. The molecule has 0 saturated heterocycles. The van der Waals surface area contributed by atoms with Crippen molar-refractivity contribution in [1.29, 1.82) is 0 Å². The first kappa shape index (κ1) is 24.1. The summed E-state index contributed by atoms with van der Waals surface area (Å²) in [6, 6.07) is 6.63. The van der Waals surface area contributed by atoms with E-state index in [2.05, 4.69) is 22.2 Å². The summed E-state index contributed by atoms with van der Waals surface area (Å²) >= 11 is 1.47. The number of likely N-dealkylation sites (N-methyl/N-ethyl adjacent to an activating group) is 1. The van der Waals surface area contributed by atoms with Crippen molar-refractivity contribution < 1.29 is 14.3 Å². The molecule has 2 N–H and O–H groups in total. The zero-order valence-electron chi connectivity index (χ0n) is 19.9. The number of H-pyrrole nitrogens is 1. The number of thiophene rings is 1. The van der Waals surface area contributed by atoms with Crippen LogP contribution in [0.25, 0.3) is 10.9 Å². The minimum atomic E-state index is -0.523. The number of nitrogens with one attached hydrogen (secondary N) is 2. The Morgan fingerprint density at radius 1 is 1.35 bits per heavy atom. The van der Waals surface area contributed by atoms with Gasteiger partial charge in [-0.25, -0.2) is 9.78 Å². The van der Waals surface area contributed by atoms with Crippen LogP contribution in [-0.4, -0.2) is 46.4 Å². The quantitative estimate of drug-likeness (QED) is 0.497. The van der Waals surface area contributed by atoms with Crippen molar-refractivity contribution in [2.75, 3.05) is 19.0 Å². The number of para-hydroxylation sites is 1. The van der Waals surface area contributed by atoms with E-state index in [1.54, 1.807) is 39.1 Å². The number of carbonyl (C=O) groups is 2. The van der Waals surface area contributed by atoms with Gasteiger partial charge in [0.15, 0.2) is 0 Å². The van der Waals surface area contributed by atoms with Crippen LogP contribution >= 0.6 is 11.3 Å². The molecule has 1 aliphatic carbocycles. The maximum atomic E-state index is 13.1. The molecule has 0 aliphatic heterocycles. The molecule has 1 aliphatic rings. The lowest BCUT2D eigenvalue weighted by Crippen LogP contribution is -2.39. The van der Waals surface area contributed by atoms with E-state index < -0.39 is 6.04 Å². The van der Waals surface area contributed by atoms with Gasteiger partial charge in [-0.1, -0.05) is 19.1 Å². The van der Waals surface area contributed by atoms with Crippen LogP contribution in [0.1, 0.15) is 53.8 Å². The average Bonchev–Trinajstić information content (AvgIpc) is 3.15. The summed E-state index contributed by atoms with van der Waals surface area (Å²) in [6.07, 6.45) is 2.73. The highest BCUT2D eigenvalue weighted by Crippen LogP contribution is 2.40. The summed E-state index contributed by atoms with van der Waals surface area (Å²) in [5.41, 5.74) is 1.92. The lowest BCUT2D eigenvalue weighted by atomic mass is 9.88. The molecule has 1 amide bonds. The summed E-state index contributed by atoms with van der Waals surface area (Å²) in [4.78, 5) is 48.5. The van der Waals surface area contributed by atoms with E-state index in [-0.39, 0.29) is 30.6 Å². The molecule has 0 fully saturated rings. The molecule has 2 aromatic heterocycles. The molecule has 0 bridgehead atoms. The van der Waals surface area contributed by atoms with Gasteiger partial charge in [0.2, 0.25) is 5.91 Å². The standard InChI is InChI=1S/C25H30N4O4S/c1-5-33-25(32)21-17-11-10-14(2)12-19(17)34-24(21)28-22(30)15(3)29(4)13-20-26-18-9-7-6-8-16(18)23(31)27-20/h6-9,14-15H,5,10-13H2,1-4H3,(H,28,30)(H,26,27,31)/t14-,15-/m0/s1. The topological polar surface area (TPSA) is 104 Å². The Hall–Kier alpha value is -3.04. The first-order chi connectivity index (χ1) is 16.3. The summed E-state index contributed by atoms with van der Waals surface area (Å²) in [7, 11) is 1.80. The number of nitrogens with zero attached hydrogens (tertiary/aromatic N) is 2. The molecule has 2 heterocycles. The number of amides is 1. The van der Waals surface area contributed by atoms with Crippen LogP contribution in [0.5, 0.6) is 0 Å². The number of aromatic amines is 1. The minimum absolute atomic E-state index is 0.205. The predicted molar refractivity (Wildman–Crippen MR) is 133 cm³/mol. The number of anilines is 1. The highest BCUT2D eigenvalue weighted by atomic mass is 32.1. The van der Waals surface area contributed by atoms with Gasteiger partial charge in [0.1, 0.15) is 10.8 Å². The molecule has 4 rings (SSSR count). The van der Waals surface area contributed by atoms with Gasteiger partial charge in [-0.2, -0.15) is 0 Å². The second-order valence-electron chi connectivity index (χ2n) is 8.89. The van der Waals surface area contributed by atoms with Crippen molar-refractivity contribution in [3.05, 3.63) is 56.4 Å². The number of esters is 1. The first-order valence-corrected chi connectivity index (χ1v) is 12.4. The molecule has 2 atom stereocenters. The van der Waals surface area contributed by atoms with Crippen LogP contribution < -0.4 is 10.9 Å². The highest BCUT2D eigenvalue weighted by Gasteiger charge is 2.30. The molecule has 1 aromatic carbocycles.